The topological polar surface area (TPSA) is 62.3 Å². The Morgan fingerprint density at radius 3 is 2.45 bits per heavy atom. The van der Waals surface area contributed by atoms with Gasteiger partial charge in [-0.05, 0) is 44.7 Å². The first-order chi connectivity index (χ1) is 10.6. The second-order valence-corrected chi connectivity index (χ2v) is 6.38. The van der Waals surface area contributed by atoms with Crippen LogP contribution in [0.2, 0.25) is 0 Å². The second kappa shape index (κ2) is 6.46. The highest BCUT2D eigenvalue weighted by atomic mass is 16.2. The van der Waals surface area contributed by atoms with E-state index >= 15 is 0 Å². The van der Waals surface area contributed by atoms with Crippen LogP contribution in [0.15, 0.2) is 18.2 Å². The fourth-order valence-corrected chi connectivity index (χ4v) is 3.12. The van der Waals surface area contributed by atoms with Crippen molar-refractivity contribution in [3.63, 3.8) is 0 Å². The van der Waals surface area contributed by atoms with Crippen molar-refractivity contribution in [2.75, 3.05) is 18.4 Å². The maximum Gasteiger partial charge on any atom is 0.228 e. The summed E-state index contributed by atoms with van der Waals surface area (Å²) in [7, 11) is 0. The number of hydrogen-bond donors (Lipinski definition) is 1. The van der Waals surface area contributed by atoms with E-state index in [9.17, 15) is 9.59 Å². The maximum atomic E-state index is 12.3. The monoisotopic (exact) mass is 301 g/mol. The number of nitrogens with one attached hydrogen (secondary N) is 1. The van der Waals surface area contributed by atoms with E-state index < -0.39 is 0 Å². The molecule has 1 N–H and O–H groups in total. The van der Waals surface area contributed by atoms with Crippen molar-refractivity contribution in [3.8, 4) is 0 Å². The fourth-order valence-electron chi connectivity index (χ4n) is 3.12. The normalized spacial score (nSPS) is 19.6. The molecule has 118 valence electrons. The molecular formula is C17H23N3O2. The van der Waals surface area contributed by atoms with Gasteiger partial charge in [-0.25, -0.2) is 4.98 Å². The van der Waals surface area contributed by atoms with Crippen LogP contribution in [0, 0.1) is 18.8 Å². The lowest BCUT2D eigenvalue weighted by molar-refractivity contribution is -0.140. The first-order valence-electron chi connectivity index (χ1n) is 8.17. The van der Waals surface area contributed by atoms with E-state index in [0.29, 0.717) is 24.8 Å². The molecular weight excluding hydrogens is 278 g/mol. The molecule has 3 rings (SSSR count). The molecule has 1 saturated heterocycles. The van der Waals surface area contributed by atoms with E-state index in [1.807, 2.05) is 24.0 Å². The number of carbonyl (C=O) groups excluding carboxylic acids is 2. The molecule has 0 spiro atoms. The van der Waals surface area contributed by atoms with Crippen LogP contribution in [0.1, 0.15) is 37.8 Å². The summed E-state index contributed by atoms with van der Waals surface area (Å²) in [6.07, 6.45) is 4.75. The van der Waals surface area contributed by atoms with Crippen LogP contribution >= 0.6 is 0 Å². The number of rotatable bonds is 3. The summed E-state index contributed by atoms with van der Waals surface area (Å²) in [5.74, 6) is 1.16. The Kier molecular flexibility index (Phi) is 4.41. The first-order valence-corrected chi connectivity index (χ1v) is 8.17. The van der Waals surface area contributed by atoms with Gasteiger partial charge in [-0.3, -0.25) is 9.59 Å². The highest BCUT2D eigenvalue weighted by Gasteiger charge is 2.33. The van der Waals surface area contributed by atoms with Crippen molar-refractivity contribution in [1.82, 2.24) is 9.88 Å². The number of aryl methyl sites for hydroxylation is 1. The van der Waals surface area contributed by atoms with Gasteiger partial charge in [0.2, 0.25) is 11.8 Å². The fraction of sp³-hybridized carbons (Fsp3) is 0.588. The van der Waals surface area contributed by atoms with E-state index in [1.54, 1.807) is 6.07 Å². The zero-order chi connectivity index (χ0) is 15.5. The summed E-state index contributed by atoms with van der Waals surface area (Å²) in [5.41, 5.74) is 0.888. The lowest BCUT2D eigenvalue weighted by atomic mass is 9.83. The minimum Gasteiger partial charge on any atom is -0.342 e. The smallest absolute Gasteiger partial charge is 0.228 e. The molecule has 0 unspecified atom stereocenters. The van der Waals surface area contributed by atoms with Crippen LogP contribution in [0.4, 0.5) is 5.82 Å². The number of hydrogen-bond acceptors (Lipinski definition) is 3. The largest absolute Gasteiger partial charge is 0.342 e. The van der Waals surface area contributed by atoms with Gasteiger partial charge in [-0.15, -0.1) is 0 Å². The van der Waals surface area contributed by atoms with E-state index in [-0.39, 0.29) is 17.7 Å². The Labute approximate surface area is 131 Å². The number of aromatic nitrogens is 1. The summed E-state index contributed by atoms with van der Waals surface area (Å²) >= 11 is 0. The molecule has 2 aliphatic rings. The number of piperidine rings is 1. The second-order valence-electron chi connectivity index (χ2n) is 6.38. The third-order valence-electron chi connectivity index (χ3n) is 4.77. The van der Waals surface area contributed by atoms with Gasteiger partial charge in [-0.2, -0.15) is 0 Å². The molecule has 1 aromatic heterocycles. The average Bonchev–Trinajstić information content (AvgIpc) is 2.45. The van der Waals surface area contributed by atoms with Crippen LogP contribution in [0.25, 0.3) is 0 Å². The average molecular weight is 301 g/mol. The summed E-state index contributed by atoms with van der Waals surface area (Å²) in [6, 6.07) is 5.60. The van der Waals surface area contributed by atoms with Gasteiger partial charge >= 0.3 is 0 Å². The van der Waals surface area contributed by atoms with Crippen molar-refractivity contribution < 1.29 is 9.59 Å². The molecule has 1 aliphatic carbocycles. The van der Waals surface area contributed by atoms with Crippen LogP contribution in [-0.4, -0.2) is 34.8 Å². The molecule has 0 radical (unpaired) electrons. The number of nitrogens with zero attached hydrogens (tertiary/aromatic N) is 2. The van der Waals surface area contributed by atoms with Crippen LogP contribution in [-0.2, 0) is 9.59 Å². The SMILES string of the molecule is Cc1cccc(NC(=O)C2CCN(C(=O)C3CCC3)CC2)n1. The van der Waals surface area contributed by atoms with Gasteiger partial charge < -0.3 is 10.2 Å². The van der Waals surface area contributed by atoms with Gasteiger partial charge in [0.05, 0.1) is 0 Å². The minimum absolute atomic E-state index is 0.0206. The predicted octanol–water partition coefficient (Wildman–Crippen LogP) is 2.37. The molecule has 0 bridgehead atoms. The summed E-state index contributed by atoms with van der Waals surface area (Å²) in [4.78, 5) is 30.7. The molecule has 0 atom stereocenters. The molecule has 5 heteroatoms. The van der Waals surface area contributed by atoms with E-state index in [2.05, 4.69) is 10.3 Å². The molecule has 0 aromatic carbocycles. The number of amides is 2. The highest BCUT2D eigenvalue weighted by molar-refractivity contribution is 5.92. The zero-order valence-corrected chi connectivity index (χ0v) is 13.0. The molecule has 2 fully saturated rings. The molecule has 2 amide bonds. The van der Waals surface area contributed by atoms with Gasteiger partial charge in [0, 0.05) is 30.6 Å². The Morgan fingerprint density at radius 2 is 1.86 bits per heavy atom. The van der Waals surface area contributed by atoms with Crippen molar-refractivity contribution in [3.05, 3.63) is 23.9 Å². The summed E-state index contributed by atoms with van der Waals surface area (Å²) < 4.78 is 0. The van der Waals surface area contributed by atoms with Gasteiger partial charge in [-0.1, -0.05) is 12.5 Å². The highest BCUT2D eigenvalue weighted by Crippen LogP contribution is 2.30. The first kappa shape index (κ1) is 15.0. The van der Waals surface area contributed by atoms with Crippen molar-refractivity contribution in [2.45, 2.75) is 39.0 Å². The summed E-state index contributed by atoms with van der Waals surface area (Å²) in [6.45, 7) is 3.31. The maximum absolute atomic E-state index is 12.3. The van der Waals surface area contributed by atoms with Crippen LogP contribution in [0.5, 0.6) is 0 Å². The zero-order valence-electron chi connectivity index (χ0n) is 13.0. The number of likely N-dealkylation sites (tertiary alicyclic amines) is 1. The Hall–Kier alpha value is -1.91. The van der Waals surface area contributed by atoms with Crippen LogP contribution < -0.4 is 5.32 Å². The minimum atomic E-state index is -0.0206. The van der Waals surface area contributed by atoms with Gasteiger partial charge in [0.1, 0.15) is 5.82 Å². The van der Waals surface area contributed by atoms with Gasteiger partial charge in [0.25, 0.3) is 0 Å². The van der Waals surface area contributed by atoms with Crippen molar-refractivity contribution in [2.24, 2.45) is 11.8 Å². The Morgan fingerprint density at radius 1 is 1.14 bits per heavy atom. The number of anilines is 1. The van der Waals surface area contributed by atoms with E-state index in [4.69, 9.17) is 0 Å². The quantitative estimate of drug-likeness (QED) is 0.932. The molecule has 1 aromatic rings. The lowest BCUT2D eigenvalue weighted by Gasteiger charge is -2.36. The predicted molar refractivity (Wildman–Crippen MR) is 84.2 cm³/mol. The van der Waals surface area contributed by atoms with Gasteiger partial charge in [0.15, 0.2) is 0 Å². The Balaban J connectivity index is 1.50. The van der Waals surface area contributed by atoms with Crippen LogP contribution in [0.3, 0.4) is 0 Å². The molecule has 5 nitrogen and oxygen atoms in total. The van der Waals surface area contributed by atoms with E-state index in [1.165, 1.54) is 6.42 Å². The molecule has 22 heavy (non-hydrogen) atoms. The Bertz CT molecular complexity index is 561. The van der Waals surface area contributed by atoms with E-state index in [0.717, 1.165) is 31.4 Å². The third kappa shape index (κ3) is 3.29. The number of carbonyl (C=O) groups is 2. The van der Waals surface area contributed by atoms with Crippen molar-refractivity contribution >= 4 is 17.6 Å². The standard InChI is InChI=1S/C17H23N3O2/c1-12-4-2-7-15(18-12)19-16(21)13-8-10-20(11-9-13)17(22)14-5-3-6-14/h2,4,7,13-14H,3,5-6,8-11H2,1H3,(H,18,19,21). The molecule has 1 aliphatic heterocycles. The summed E-state index contributed by atoms with van der Waals surface area (Å²) in [5, 5.41) is 2.89. The van der Waals surface area contributed by atoms with Crippen molar-refractivity contribution in [1.29, 1.82) is 0 Å². The third-order valence-corrected chi connectivity index (χ3v) is 4.77. The lowest BCUT2D eigenvalue weighted by Crippen LogP contribution is -2.45. The number of pyridine rings is 1. The molecule has 2 heterocycles. The molecule has 1 saturated carbocycles.